The summed E-state index contributed by atoms with van der Waals surface area (Å²) in [5, 5.41) is 16.2. The summed E-state index contributed by atoms with van der Waals surface area (Å²) in [6, 6.07) is 7.37. The van der Waals surface area contributed by atoms with Crippen LogP contribution in [0.2, 0.25) is 5.02 Å². The standard InChI is InChI=1S/C22H26ClN7O2S.Na.H/c1-14-4-3-5-16(23)20(14)28-21(32)17-13-24-22(33-17)27-18-12-19(26-15(2)25-18)30-8-6-29(7-9-30)10-11-31;;/h3-5,12-13,31H,6-11H2,1-2H3,(H,28,32)(H,24,25,26,27);;. The fourth-order valence-corrected chi connectivity index (χ4v) is 4.62. The van der Waals surface area contributed by atoms with Gasteiger partial charge < -0.3 is 20.6 Å². The summed E-state index contributed by atoms with van der Waals surface area (Å²) >= 11 is 7.46. The minimum absolute atomic E-state index is 0. The van der Waals surface area contributed by atoms with E-state index < -0.39 is 0 Å². The van der Waals surface area contributed by atoms with E-state index in [-0.39, 0.29) is 42.1 Å². The Morgan fingerprint density at radius 2 is 1.97 bits per heavy atom. The van der Waals surface area contributed by atoms with Gasteiger partial charge in [-0.15, -0.1) is 0 Å². The molecule has 1 fully saturated rings. The molecule has 1 aliphatic heterocycles. The van der Waals surface area contributed by atoms with Crippen LogP contribution in [0.3, 0.4) is 0 Å². The predicted molar refractivity (Wildman–Crippen MR) is 139 cm³/mol. The number of thiazole rings is 1. The van der Waals surface area contributed by atoms with E-state index in [1.807, 2.05) is 32.0 Å². The van der Waals surface area contributed by atoms with E-state index >= 15 is 0 Å². The first-order valence-corrected chi connectivity index (χ1v) is 11.9. The molecular weight excluding hydrogens is 485 g/mol. The first-order valence-electron chi connectivity index (χ1n) is 10.7. The van der Waals surface area contributed by atoms with Gasteiger partial charge in [-0.25, -0.2) is 15.0 Å². The summed E-state index contributed by atoms with van der Waals surface area (Å²) < 4.78 is 0. The SMILES string of the molecule is Cc1nc(Nc2ncc(C(=O)Nc3c(C)cccc3Cl)s2)cc(N2CCN(CCO)CC2)n1.[NaH]. The molecule has 0 bridgehead atoms. The van der Waals surface area contributed by atoms with Crippen LogP contribution in [0.1, 0.15) is 21.1 Å². The van der Waals surface area contributed by atoms with Crippen molar-refractivity contribution in [2.24, 2.45) is 0 Å². The number of hydrogen-bond donors (Lipinski definition) is 3. The number of nitrogens with zero attached hydrogens (tertiary/aromatic N) is 5. The number of rotatable bonds is 7. The number of aryl methyl sites for hydroxylation is 2. The zero-order valence-electron chi connectivity index (χ0n) is 18.5. The second kappa shape index (κ2) is 12.3. The number of carbonyl (C=O) groups is 1. The molecule has 0 unspecified atom stereocenters. The normalized spacial score (nSPS) is 13.9. The molecule has 0 radical (unpaired) electrons. The molecule has 3 aromatic rings. The van der Waals surface area contributed by atoms with Gasteiger partial charge in [0.05, 0.1) is 23.5 Å². The molecule has 3 heterocycles. The van der Waals surface area contributed by atoms with Crippen LogP contribution in [0.4, 0.5) is 22.5 Å². The van der Waals surface area contributed by atoms with E-state index in [1.54, 1.807) is 6.07 Å². The van der Waals surface area contributed by atoms with Crippen molar-refractivity contribution in [3.63, 3.8) is 0 Å². The quantitative estimate of drug-likeness (QED) is 0.416. The molecule has 1 saturated heterocycles. The van der Waals surface area contributed by atoms with Crippen LogP contribution in [0.25, 0.3) is 0 Å². The van der Waals surface area contributed by atoms with Crippen molar-refractivity contribution < 1.29 is 9.90 Å². The second-order valence-electron chi connectivity index (χ2n) is 7.75. The Morgan fingerprint density at radius 3 is 2.68 bits per heavy atom. The molecule has 0 atom stereocenters. The Kier molecular flexibility index (Phi) is 9.66. The number of aliphatic hydroxyl groups is 1. The van der Waals surface area contributed by atoms with Gasteiger partial charge in [-0.2, -0.15) is 0 Å². The molecular formula is C22H27ClN7NaO2S. The van der Waals surface area contributed by atoms with Crippen LogP contribution in [0.15, 0.2) is 30.5 Å². The average molecular weight is 512 g/mol. The summed E-state index contributed by atoms with van der Waals surface area (Å²) in [5.41, 5.74) is 1.49. The van der Waals surface area contributed by atoms with E-state index in [0.29, 0.717) is 38.9 Å². The predicted octanol–water partition coefficient (Wildman–Crippen LogP) is 2.67. The molecule has 176 valence electrons. The number of aliphatic hydroxyl groups excluding tert-OH is 1. The fraction of sp³-hybridized carbons (Fsp3) is 0.364. The third kappa shape index (κ3) is 6.66. The summed E-state index contributed by atoms with van der Waals surface area (Å²) in [5.74, 6) is 1.85. The van der Waals surface area contributed by atoms with Crippen LogP contribution in [-0.4, -0.2) is 99.8 Å². The number of halogens is 1. The maximum atomic E-state index is 12.7. The first-order chi connectivity index (χ1) is 15.9. The molecule has 12 heteroatoms. The number of aromatic nitrogens is 3. The van der Waals surface area contributed by atoms with Gasteiger partial charge in [0.1, 0.15) is 22.3 Å². The van der Waals surface area contributed by atoms with Crippen molar-refractivity contribution in [3.05, 3.63) is 51.7 Å². The molecule has 0 spiro atoms. The van der Waals surface area contributed by atoms with Crippen molar-refractivity contribution >= 4 is 80.9 Å². The summed E-state index contributed by atoms with van der Waals surface area (Å²) in [7, 11) is 0. The number of para-hydroxylation sites is 1. The Hall–Kier alpha value is -1.79. The van der Waals surface area contributed by atoms with Gasteiger partial charge in [0.15, 0.2) is 5.13 Å². The van der Waals surface area contributed by atoms with Crippen LogP contribution < -0.4 is 15.5 Å². The van der Waals surface area contributed by atoms with Crippen molar-refractivity contribution in [2.75, 3.05) is 54.9 Å². The minimum atomic E-state index is -0.267. The molecule has 1 aliphatic rings. The van der Waals surface area contributed by atoms with Crippen molar-refractivity contribution in [3.8, 4) is 0 Å². The number of carbonyl (C=O) groups excluding carboxylic acids is 1. The average Bonchev–Trinajstić information content (AvgIpc) is 3.25. The van der Waals surface area contributed by atoms with E-state index in [9.17, 15) is 4.79 Å². The number of piperazine rings is 1. The number of hydrogen-bond acceptors (Lipinski definition) is 9. The van der Waals surface area contributed by atoms with Crippen molar-refractivity contribution in [2.45, 2.75) is 13.8 Å². The summed E-state index contributed by atoms with van der Waals surface area (Å²) in [6.45, 7) is 8.03. The van der Waals surface area contributed by atoms with E-state index in [0.717, 1.165) is 37.6 Å². The van der Waals surface area contributed by atoms with E-state index in [1.165, 1.54) is 17.5 Å². The first kappa shape index (κ1) is 26.8. The Morgan fingerprint density at radius 1 is 1.21 bits per heavy atom. The van der Waals surface area contributed by atoms with Crippen molar-refractivity contribution in [1.29, 1.82) is 0 Å². The third-order valence-corrected chi connectivity index (χ3v) is 6.59. The second-order valence-corrected chi connectivity index (χ2v) is 9.19. The van der Waals surface area contributed by atoms with Gasteiger partial charge in [-0.05, 0) is 25.5 Å². The number of β-amino-alcohol motifs (C(OH)–C–C–N with tert-alkyl or cyclic N) is 1. The number of benzene rings is 1. The van der Waals surface area contributed by atoms with Crippen LogP contribution >= 0.6 is 22.9 Å². The molecule has 2 aromatic heterocycles. The van der Waals surface area contributed by atoms with E-state index in [4.69, 9.17) is 16.7 Å². The number of amides is 1. The Labute approximate surface area is 229 Å². The topological polar surface area (TPSA) is 107 Å². The molecule has 1 aromatic carbocycles. The molecule has 1 amide bonds. The third-order valence-electron chi connectivity index (χ3n) is 5.36. The molecule has 34 heavy (non-hydrogen) atoms. The molecule has 0 aliphatic carbocycles. The van der Waals surface area contributed by atoms with Crippen LogP contribution in [-0.2, 0) is 0 Å². The molecule has 4 rings (SSSR count). The number of nitrogens with one attached hydrogen (secondary N) is 2. The summed E-state index contributed by atoms with van der Waals surface area (Å²) in [4.78, 5) is 31.0. The van der Waals surface area contributed by atoms with Gasteiger partial charge in [-0.1, -0.05) is 35.1 Å². The van der Waals surface area contributed by atoms with E-state index in [2.05, 4.69) is 35.4 Å². The maximum absolute atomic E-state index is 12.7. The van der Waals surface area contributed by atoms with Gasteiger partial charge in [0.2, 0.25) is 0 Å². The van der Waals surface area contributed by atoms with Gasteiger partial charge in [0.25, 0.3) is 5.91 Å². The Bertz CT molecular complexity index is 1120. The number of anilines is 4. The summed E-state index contributed by atoms with van der Waals surface area (Å²) in [6.07, 6.45) is 1.53. The zero-order valence-corrected chi connectivity index (χ0v) is 20.1. The van der Waals surface area contributed by atoms with Crippen LogP contribution in [0, 0.1) is 13.8 Å². The molecule has 9 nitrogen and oxygen atoms in total. The van der Waals surface area contributed by atoms with Gasteiger partial charge >= 0.3 is 29.6 Å². The van der Waals surface area contributed by atoms with Crippen LogP contribution in [0.5, 0.6) is 0 Å². The van der Waals surface area contributed by atoms with Gasteiger partial charge in [-0.3, -0.25) is 9.69 Å². The fourth-order valence-electron chi connectivity index (χ4n) is 3.63. The van der Waals surface area contributed by atoms with Crippen molar-refractivity contribution in [1.82, 2.24) is 19.9 Å². The zero-order chi connectivity index (χ0) is 23.4. The Balaban J connectivity index is 0.00000324. The monoisotopic (exact) mass is 511 g/mol. The van der Waals surface area contributed by atoms with Gasteiger partial charge in [0, 0.05) is 38.8 Å². The molecule has 0 saturated carbocycles. The molecule has 3 N–H and O–H groups in total.